The third-order valence-electron chi connectivity index (χ3n) is 9.19. The molecule has 260 valence electrons. The molecule has 0 radical (unpaired) electrons. The summed E-state index contributed by atoms with van der Waals surface area (Å²) >= 11 is 13.0. The van der Waals surface area contributed by atoms with Gasteiger partial charge in [0.25, 0.3) is 23.6 Å². The van der Waals surface area contributed by atoms with Crippen LogP contribution in [-0.4, -0.2) is 32.0 Å². The van der Waals surface area contributed by atoms with Crippen molar-refractivity contribution in [3.8, 4) is 22.3 Å². The number of hydrogen-bond acceptors (Lipinski definition) is 8. The van der Waals surface area contributed by atoms with Crippen LogP contribution in [0.25, 0.3) is 22.3 Å². The van der Waals surface area contributed by atoms with Crippen LogP contribution in [0, 0.1) is 0 Å². The third kappa shape index (κ3) is 5.53. The predicted molar refractivity (Wildman–Crippen MR) is 203 cm³/mol. The average Bonchev–Trinajstić information content (AvgIpc) is 3.54. The monoisotopic (exact) mass is 758 g/mol. The molecule has 6 aromatic rings. The van der Waals surface area contributed by atoms with Crippen molar-refractivity contribution in [1.82, 2.24) is 0 Å². The predicted octanol–water partition coefficient (Wildman–Crippen LogP) is 7.93. The molecule has 2 aliphatic heterocycles. The average molecular weight is 760 g/mol. The number of amides is 4. The fourth-order valence-corrected chi connectivity index (χ4v) is 8.79. The molecule has 8 rings (SSSR count). The van der Waals surface area contributed by atoms with E-state index in [1.807, 2.05) is 0 Å². The number of nitrogens with two attached hydrogens (primary N) is 2. The van der Waals surface area contributed by atoms with Crippen molar-refractivity contribution in [3.05, 3.63) is 154 Å². The minimum Gasteiger partial charge on any atom is -0.399 e. The maximum atomic E-state index is 13.9. The number of fused-ring (bicyclic) bond motifs is 2. The van der Waals surface area contributed by atoms with Crippen molar-refractivity contribution in [1.29, 1.82) is 0 Å². The first-order valence-corrected chi connectivity index (χ1v) is 18.2. The number of hydrogen-bond donors (Lipinski definition) is 2. The Kier molecular flexibility index (Phi) is 7.95. The van der Waals surface area contributed by atoms with Gasteiger partial charge in [0, 0.05) is 11.4 Å². The van der Waals surface area contributed by atoms with Gasteiger partial charge in [0.1, 0.15) is 0 Å². The fourth-order valence-electron chi connectivity index (χ4n) is 6.47. The number of benzene rings is 6. The van der Waals surface area contributed by atoms with Gasteiger partial charge in [-0.1, -0.05) is 59.6 Å². The number of nitrogens with zero attached hydrogens (tertiary/aromatic N) is 2. The van der Waals surface area contributed by atoms with Crippen LogP contribution in [0.15, 0.2) is 131 Å². The Hall–Kier alpha value is -6.27. The molecule has 0 fully saturated rings. The lowest BCUT2D eigenvalue weighted by atomic mass is 10.00. The van der Waals surface area contributed by atoms with Gasteiger partial charge in [-0.15, -0.1) is 0 Å². The van der Waals surface area contributed by atoms with E-state index in [1.165, 1.54) is 36.4 Å². The van der Waals surface area contributed by atoms with Crippen LogP contribution in [0.3, 0.4) is 0 Å². The maximum absolute atomic E-state index is 13.9. The number of anilines is 4. The first kappa shape index (κ1) is 33.9. The Labute approximate surface area is 312 Å². The lowest BCUT2D eigenvalue weighted by Crippen LogP contribution is -2.29. The summed E-state index contributed by atoms with van der Waals surface area (Å²) in [5.41, 5.74) is 16.7. The highest BCUT2D eigenvalue weighted by Crippen LogP contribution is 2.39. The number of sulfone groups is 1. The van der Waals surface area contributed by atoms with Crippen molar-refractivity contribution in [2.45, 2.75) is 9.79 Å². The zero-order valence-corrected chi connectivity index (χ0v) is 29.5. The van der Waals surface area contributed by atoms with Crippen LogP contribution < -0.4 is 21.3 Å². The summed E-state index contributed by atoms with van der Waals surface area (Å²) in [7, 11) is -4.38. The van der Waals surface area contributed by atoms with Crippen molar-refractivity contribution < 1.29 is 27.6 Å². The zero-order chi connectivity index (χ0) is 37.3. The Bertz CT molecular complexity index is 2540. The minimum absolute atomic E-state index is 0.0702. The standard InChI is InChI=1S/C40H24Cl2N4O6S/c41-33-19-27(45-37(47)29-13-5-23(17-31(29)39(45)49)21-1-7-25(43)8-2-21)11-15-35(33)53(51,52)36-16-12-28(20-34(36)42)46-38(48)30-14-6-24(18-32(30)40(46)50)22-3-9-26(44)10-4-22/h1-20H,43-44H2. The number of carbonyl (C=O) groups is 4. The highest BCUT2D eigenvalue weighted by Gasteiger charge is 2.39. The lowest BCUT2D eigenvalue weighted by molar-refractivity contribution is 0.0910. The van der Waals surface area contributed by atoms with E-state index in [0.717, 1.165) is 20.9 Å². The molecule has 2 heterocycles. The van der Waals surface area contributed by atoms with Gasteiger partial charge in [-0.05, 0) is 107 Å². The van der Waals surface area contributed by atoms with E-state index in [1.54, 1.807) is 84.9 Å². The first-order valence-electron chi connectivity index (χ1n) is 15.9. The number of halogens is 2. The fraction of sp³-hybridized carbons (Fsp3) is 0. The molecule has 6 aromatic carbocycles. The SMILES string of the molecule is Nc1ccc(-c2ccc3c(c2)C(=O)N(c2ccc(S(=O)(=O)c4ccc(N5C(=O)c6ccc(-c7ccc(N)cc7)cc6C5=O)cc4Cl)c(Cl)c2)C3=O)cc1. The van der Waals surface area contributed by atoms with Gasteiger partial charge in [-0.25, -0.2) is 18.2 Å². The summed E-state index contributed by atoms with van der Waals surface area (Å²) in [6, 6.07) is 31.4. The van der Waals surface area contributed by atoms with E-state index >= 15 is 0 Å². The van der Waals surface area contributed by atoms with Crippen molar-refractivity contribution >= 4 is 79.4 Å². The molecule has 0 aromatic heterocycles. The highest BCUT2D eigenvalue weighted by molar-refractivity contribution is 7.91. The van der Waals surface area contributed by atoms with Crippen LogP contribution in [0.2, 0.25) is 10.0 Å². The Balaban J connectivity index is 1.05. The minimum atomic E-state index is -4.38. The zero-order valence-electron chi connectivity index (χ0n) is 27.2. The van der Waals surface area contributed by atoms with Crippen molar-refractivity contribution in [3.63, 3.8) is 0 Å². The van der Waals surface area contributed by atoms with Crippen molar-refractivity contribution in [2.24, 2.45) is 0 Å². The van der Waals surface area contributed by atoms with Gasteiger partial charge in [0.2, 0.25) is 9.84 Å². The Morgan fingerprint density at radius 2 is 0.755 bits per heavy atom. The first-order chi connectivity index (χ1) is 25.3. The molecule has 0 saturated carbocycles. The summed E-state index contributed by atoms with van der Waals surface area (Å²) in [5, 5.41) is -0.530. The van der Waals surface area contributed by atoms with E-state index in [2.05, 4.69) is 0 Å². The molecule has 0 atom stereocenters. The van der Waals surface area contributed by atoms with Gasteiger partial charge in [0.05, 0.1) is 53.5 Å². The summed E-state index contributed by atoms with van der Waals surface area (Å²) < 4.78 is 27.7. The topological polar surface area (TPSA) is 161 Å². The molecule has 0 spiro atoms. The summed E-state index contributed by atoms with van der Waals surface area (Å²) in [4.78, 5) is 54.9. The second-order valence-electron chi connectivity index (χ2n) is 12.4. The summed E-state index contributed by atoms with van der Waals surface area (Å²) in [6.45, 7) is 0. The van der Waals surface area contributed by atoms with Gasteiger partial charge < -0.3 is 11.5 Å². The molecule has 4 N–H and O–H groups in total. The quantitative estimate of drug-likeness (QED) is 0.128. The number of imide groups is 2. The van der Waals surface area contributed by atoms with Crippen LogP contribution in [0.4, 0.5) is 22.7 Å². The molecule has 0 saturated heterocycles. The Morgan fingerprint density at radius 1 is 0.415 bits per heavy atom. The molecule has 0 aliphatic carbocycles. The van der Waals surface area contributed by atoms with E-state index in [-0.39, 0.29) is 53.5 Å². The van der Waals surface area contributed by atoms with Crippen LogP contribution in [-0.2, 0) is 9.84 Å². The summed E-state index contributed by atoms with van der Waals surface area (Å²) in [5.74, 6) is -2.37. The van der Waals surface area contributed by atoms with Gasteiger partial charge >= 0.3 is 0 Å². The van der Waals surface area contributed by atoms with Crippen molar-refractivity contribution in [2.75, 3.05) is 21.3 Å². The van der Waals surface area contributed by atoms with Gasteiger partial charge in [-0.2, -0.15) is 0 Å². The normalized spacial score (nSPS) is 13.8. The summed E-state index contributed by atoms with van der Waals surface area (Å²) in [6.07, 6.45) is 0. The van der Waals surface area contributed by atoms with E-state index in [9.17, 15) is 27.6 Å². The molecular weight excluding hydrogens is 735 g/mol. The van der Waals surface area contributed by atoms with Gasteiger partial charge in [0.15, 0.2) is 0 Å². The smallest absolute Gasteiger partial charge is 0.266 e. The number of carbonyl (C=O) groups excluding carboxylic acids is 4. The molecule has 53 heavy (non-hydrogen) atoms. The Morgan fingerprint density at radius 3 is 1.11 bits per heavy atom. The van der Waals surface area contributed by atoms with E-state index in [0.29, 0.717) is 22.5 Å². The number of rotatable bonds is 6. The maximum Gasteiger partial charge on any atom is 0.266 e. The molecule has 10 nitrogen and oxygen atoms in total. The molecule has 2 aliphatic rings. The number of nitrogen functional groups attached to an aromatic ring is 2. The van der Waals surface area contributed by atoms with Gasteiger partial charge in [-0.3, -0.25) is 19.2 Å². The van der Waals surface area contributed by atoms with Crippen LogP contribution in [0.5, 0.6) is 0 Å². The van der Waals surface area contributed by atoms with Crippen LogP contribution in [0.1, 0.15) is 41.4 Å². The van der Waals surface area contributed by atoms with E-state index < -0.39 is 33.5 Å². The molecule has 13 heteroatoms. The molecule has 4 amide bonds. The van der Waals surface area contributed by atoms with Crippen LogP contribution >= 0.6 is 23.2 Å². The molecular formula is C40H24Cl2N4O6S. The lowest BCUT2D eigenvalue weighted by Gasteiger charge is -2.17. The highest BCUT2D eigenvalue weighted by atomic mass is 35.5. The molecule has 0 unspecified atom stereocenters. The van der Waals surface area contributed by atoms with E-state index in [4.69, 9.17) is 34.7 Å². The second-order valence-corrected chi connectivity index (χ2v) is 15.1. The molecule has 0 bridgehead atoms. The largest absolute Gasteiger partial charge is 0.399 e. The second kappa shape index (κ2) is 12.4. The third-order valence-corrected chi connectivity index (χ3v) is 11.9.